The fourth-order valence-electron chi connectivity index (χ4n) is 3.48. The molecular formula is C19H26N6O3. The minimum absolute atomic E-state index is 0.181. The lowest BCUT2D eigenvalue weighted by molar-refractivity contribution is 0.0526. The van der Waals surface area contributed by atoms with Crippen molar-refractivity contribution in [2.24, 2.45) is 11.8 Å². The van der Waals surface area contributed by atoms with Gasteiger partial charge in [-0.25, -0.2) is 14.5 Å². The van der Waals surface area contributed by atoms with Crippen LogP contribution in [0.2, 0.25) is 0 Å². The van der Waals surface area contributed by atoms with Crippen LogP contribution in [0, 0.1) is 11.8 Å². The minimum atomic E-state index is -0.439. The summed E-state index contributed by atoms with van der Waals surface area (Å²) in [5, 5.41) is 8.75. The molecular weight excluding hydrogens is 360 g/mol. The molecule has 150 valence electrons. The molecule has 3 aromatic rings. The van der Waals surface area contributed by atoms with Gasteiger partial charge in [0, 0.05) is 6.20 Å². The number of hydrogen-bond donors (Lipinski definition) is 0. The Morgan fingerprint density at radius 2 is 1.82 bits per heavy atom. The zero-order valence-electron chi connectivity index (χ0n) is 17.1. The Labute approximate surface area is 163 Å². The number of hydrogen-bond acceptors (Lipinski definition) is 7. The van der Waals surface area contributed by atoms with Gasteiger partial charge in [-0.3, -0.25) is 4.68 Å². The second kappa shape index (κ2) is 7.95. The molecule has 0 spiro atoms. The number of ether oxygens (including phenoxy) is 2. The third-order valence-corrected chi connectivity index (χ3v) is 4.54. The molecule has 0 saturated heterocycles. The molecule has 0 saturated carbocycles. The van der Waals surface area contributed by atoms with Crippen LogP contribution in [-0.4, -0.2) is 49.2 Å². The van der Waals surface area contributed by atoms with E-state index in [0.29, 0.717) is 41.4 Å². The lowest BCUT2D eigenvalue weighted by atomic mass is 9.93. The summed E-state index contributed by atoms with van der Waals surface area (Å²) in [7, 11) is 1.57. The van der Waals surface area contributed by atoms with E-state index >= 15 is 0 Å². The van der Waals surface area contributed by atoms with E-state index in [1.54, 1.807) is 20.2 Å². The van der Waals surface area contributed by atoms with Crippen LogP contribution < -0.4 is 4.74 Å². The third kappa shape index (κ3) is 3.56. The van der Waals surface area contributed by atoms with Crippen molar-refractivity contribution in [2.45, 2.75) is 40.7 Å². The van der Waals surface area contributed by atoms with Crippen molar-refractivity contribution >= 4 is 17.0 Å². The van der Waals surface area contributed by atoms with E-state index in [1.807, 2.05) is 4.68 Å². The predicted octanol–water partition coefficient (Wildman–Crippen LogP) is 3.05. The third-order valence-electron chi connectivity index (χ3n) is 4.54. The monoisotopic (exact) mass is 386 g/mol. The SMILES string of the molecule is CCOC(=O)c1cnn(-c2nc(OC)c3c(cnn3C(C(C)C)C(C)C)n2)c1. The van der Waals surface area contributed by atoms with E-state index in [0.717, 1.165) is 5.52 Å². The summed E-state index contributed by atoms with van der Waals surface area (Å²) in [4.78, 5) is 20.9. The standard InChI is InChI=1S/C19H26N6O3/c1-7-28-18(26)13-8-20-24(10-13)19-22-14-9-21-25(15(11(2)3)12(4)5)16(14)17(23-19)27-6/h8-12,15H,7H2,1-6H3. The Kier molecular flexibility index (Phi) is 5.62. The molecule has 0 bridgehead atoms. The van der Waals surface area contributed by atoms with Gasteiger partial charge in [-0.05, 0) is 18.8 Å². The average molecular weight is 386 g/mol. The maximum Gasteiger partial charge on any atom is 0.341 e. The van der Waals surface area contributed by atoms with Crippen molar-refractivity contribution in [3.63, 3.8) is 0 Å². The number of carbonyl (C=O) groups excluding carboxylic acids is 1. The normalized spacial score (nSPS) is 11.8. The van der Waals surface area contributed by atoms with Crippen LogP contribution in [0.25, 0.3) is 17.0 Å². The summed E-state index contributed by atoms with van der Waals surface area (Å²) in [5.41, 5.74) is 1.73. The van der Waals surface area contributed by atoms with Gasteiger partial charge < -0.3 is 9.47 Å². The van der Waals surface area contributed by atoms with Crippen LogP contribution in [0.1, 0.15) is 51.0 Å². The van der Waals surface area contributed by atoms with Gasteiger partial charge in [0.15, 0.2) is 0 Å². The molecule has 3 aromatic heterocycles. The molecule has 0 aromatic carbocycles. The van der Waals surface area contributed by atoms with Crippen LogP contribution in [0.3, 0.4) is 0 Å². The second-order valence-electron chi connectivity index (χ2n) is 7.23. The highest BCUT2D eigenvalue weighted by atomic mass is 16.5. The molecule has 0 radical (unpaired) electrons. The van der Waals surface area contributed by atoms with Crippen molar-refractivity contribution in [1.82, 2.24) is 29.5 Å². The molecule has 0 atom stereocenters. The molecule has 0 aliphatic rings. The molecule has 0 fully saturated rings. The minimum Gasteiger partial charge on any atom is -0.479 e. The van der Waals surface area contributed by atoms with Gasteiger partial charge in [-0.15, -0.1) is 0 Å². The highest BCUT2D eigenvalue weighted by Crippen LogP contribution is 2.32. The van der Waals surface area contributed by atoms with Gasteiger partial charge in [-0.1, -0.05) is 27.7 Å². The maximum absolute atomic E-state index is 11.9. The number of carbonyl (C=O) groups is 1. The largest absolute Gasteiger partial charge is 0.479 e. The molecule has 9 heteroatoms. The lowest BCUT2D eigenvalue weighted by Crippen LogP contribution is -2.22. The topological polar surface area (TPSA) is 97.0 Å². The summed E-state index contributed by atoms with van der Waals surface area (Å²) in [5.74, 6) is 1.03. The zero-order valence-corrected chi connectivity index (χ0v) is 17.1. The van der Waals surface area contributed by atoms with Gasteiger partial charge in [-0.2, -0.15) is 15.2 Å². The summed E-state index contributed by atoms with van der Waals surface area (Å²) in [6.45, 7) is 10.7. The Bertz CT molecular complexity index is 967. The predicted molar refractivity (Wildman–Crippen MR) is 104 cm³/mol. The van der Waals surface area contributed by atoms with Crippen LogP contribution in [0.5, 0.6) is 5.88 Å². The molecule has 9 nitrogen and oxygen atoms in total. The molecule has 0 aliphatic heterocycles. The number of rotatable bonds is 7. The maximum atomic E-state index is 11.9. The van der Waals surface area contributed by atoms with E-state index < -0.39 is 5.97 Å². The van der Waals surface area contributed by atoms with E-state index in [4.69, 9.17) is 9.47 Å². The Morgan fingerprint density at radius 3 is 2.43 bits per heavy atom. The number of fused-ring (bicyclic) bond motifs is 1. The Morgan fingerprint density at radius 1 is 1.11 bits per heavy atom. The molecule has 0 N–H and O–H groups in total. The van der Waals surface area contributed by atoms with Crippen molar-refractivity contribution in [2.75, 3.05) is 13.7 Å². The van der Waals surface area contributed by atoms with Crippen molar-refractivity contribution in [1.29, 1.82) is 0 Å². The lowest BCUT2D eigenvalue weighted by Gasteiger charge is -2.26. The molecule has 0 unspecified atom stereocenters. The van der Waals surface area contributed by atoms with Gasteiger partial charge >= 0.3 is 5.97 Å². The van der Waals surface area contributed by atoms with Gasteiger partial charge in [0.05, 0.1) is 37.7 Å². The number of methoxy groups -OCH3 is 1. The van der Waals surface area contributed by atoms with Gasteiger partial charge in [0.25, 0.3) is 5.95 Å². The van der Waals surface area contributed by atoms with Gasteiger partial charge in [0.2, 0.25) is 5.88 Å². The number of nitrogens with zero attached hydrogens (tertiary/aromatic N) is 6. The van der Waals surface area contributed by atoms with Crippen LogP contribution >= 0.6 is 0 Å². The highest BCUT2D eigenvalue weighted by Gasteiger charge is 2.25. The van der Waals surface area contributed by atoms with Crippen molar-refractivity contribution in [3.8, 4) is 11.8 Å². The molecule has 28 heavy (non-hydrogen) atoms. The molecule has 0 aliphatic carbocycles. The number of esters is 1. The summed E-state index contributed by atoms with van der Waals surface area (Å²) in [6, 6.07) is 0.181. The van der Waals surface area contributed by atoms with E-state index in [1.165, 1.54) is 17.1 Å². The summed E-state index contributed by atoms with van der Waals surface area (Å²) in [6.07, 6.45) is 4.67. The van der Waals surface area contributed by atoms with Gasteiger partial charge in [0.1, 0.15) is 11.0 Å². The first kappa shape index (κ1) is 19.8. The molecule has 0 amide bonds. The van der Waals surface area contributed by atoms with Crippen molar-refractivity contribution < 1.29 is 14.3 Å². The van der Waals surface area contributed by atoms with E-state index in [2.05, 4.69) is 47.9 Å². The first-order valence-electron chi connectivity index (χ1n) is 9.38. The van der Waals surface area contributed by atoms with Crippen LogP contribution in [-0.2, 0) is 4.74 Å². The fourth-order valence-corrected chi connectivity index (χ4v) is 3.48. The Hall–Kier alpha value is -2.97. The summed E-state index contributed by atoms with van der Waals surface area (Å²) >= 11 is 0. The fraction of sp³-hybridized carbons (Fsp3) is 0.526. The zero-order chi connectivity index (χ0) is 20.4. The average Bonchev–Trinajstić information content (AvgIpc) is 3.28. The van der Waals surface area contributed by atoms with Crippen molar-refractivity contribution in [3.05, 3.63) is 24.2 Å². The summed E-state index contributed by atoms with van der Waals surface area (Å²) < 4.78 is 13.9. The Balaban J connectivity index is 2.08. The smallest absolute Gasteiger partial charge is 0.341 e. The quantitative estimate of drug-likeness (QED) is 0.576. The molecule has 3 rings (SSSR count). The van der Waals surface area contributed by atoms with E-state index in [-0.39, 0.29) is 6.04 Å². The molecule has 3 heterocycles. The van der Waals surface area contributed by atoms with E-state index in [9.17, 15) is 4.79 Å². The first-order chi connectivity index (χ1) is 13.4. The second-order valence-corrected chi connectivity index (χ2v) is 7.23. The highest BCUT2D eigenvalue weighted by molar-refractivity contribution is 5.88. The first-order valence-corrected chi connectivity index (χ1v) is 9.38. The van der Waals surface area contributed by atoms with Crippen LogP contribution in [0.15, 0.2) is 18.6 Å². The van der Waals surface area contributed by atoms with Crippen LogP contribution in [0.4, 0.5) is 0 Å². The number of aromatic nitrogens is 6.